The summed E-state index contributed by atoms with van der Waals surface area (Å²) in [5, 5.41) is 12.7. The first-order valence-electron chi connectivity index (χ1n) is 7.02. The number of carbonyl (C=O) groups is 2. The average molecular weight is 284 g/mol. The standard InChI is InChI=1S/C16H16N2O3/c19-15(18-13(16(20)21)9-10-6-7-10)12-5-1-3-11-4-2-8-17-14(11)12/h1-5,8,10,13H,6-7,9H2,(H,18,19)(H,20,21)/t13-/m0/s1. The first-order chi connectivity index (χ1) is 10.1. The molecule has 5 heteroatoms. The number of para-hydroxylation sites is 1. The van der Waals surface area contributed by atoms with Crippen molar-refractivity contribution in [2.75, 3.05) is 0 Å². The molecule has 1 heterocycles. The van der Waals surface area contributed by atoms with Crippen LogP contribution in [0.15, 0.2) is 36.5 Å². The normalized spacial score (nSPS) is 15.6. The highest BCUT2D eigenvalue weighted by Gasteiger charge is 2.30. The molecule has 0 spiro atoms. The van der Waals surface area contributed by atoms with E-state index in [1.54, 1.807) is 24.4 Å². The summed E-state index contributed by atoms with van der Waals surface area (Å²) in [7, 11) is 0. The molecule has 0 unspecified atom stereocenters. The van der Waals surface area contributed by atoms with Crippen molar-refractivity contribution in [1.82, 2.24) is 10.3 Å². The van der Waals surface area contributed by atoms with Crippen LogP contribution in [0.2, 0.25) is 0 Å². The minimum Gasteiger partial charge on any atom is -0.480 e. The summed E-state index contributed by atoms with van der Waals surface area (Å²) in [4.78, 5) is 27.8. The van der Waals surface area contributed by atoms with Crippen molar-refractivity contribution >= 4 is 22.8 Å². The van der Waals surface area contributed by atoms with Gasteiger partial charge in [-0.1, -0.05) is 31.0 Å². The Morgan fingerprint density at radius 2 is 2.05 bits per heavy atom. The number of nitrogens with one attached hydrogen (secondary N) is 1. The van der Waals surface area contributed by atoms with Crippen LogP contribution in [0.25, 0.3) is 10.9 Å². The number of benzene rings is 1. The van der Waals surface area contributed by atoms with Crippen molar-refractivity contribution in [3.8, 4) is 0 Å². The number of carboxylic acid groups (broad SMARTS) is 1. The summed E-state index contributed by atoms with van der Waals surface area (Å²) in [6, 6.07) is 8.16. The maximum absolute atomic E-state index is 12.4. The molecule has 21 heavy (non-hydrogen) atoms. The van der Waals surface area contributed by atoms with Gasteiger partial charge in [-0.05, 0) is 24.5 Å². The van der Waals surface area contributed by atoms with Crippen LogP contribution in [0, 0.1) is 5.92 Å². The Morgan fingerprint density at radius 1 is 1.29 bits per heavy atom. The van der Waals surface area contributed by atoms with Gasteiger partial charge in [0, 0.05) is 11.6 Å². The molecule has 1 aliphatic rings. The van der Waals surface area contributed by atoms with E-state index in [-0.39, 0.29) is 5.91 Å². The maximum Gasteiger partial charge on any atom is 0.326 e. The zero-order valence-corrected chi connectivity index (χ0v) is 11.5. The molecule has 1 atom stereocenters. The second kappa shape index (κ2) is 5.52. The van der Waals surface area contributed by atoms with Crippen LogP contribution in [0.4, 0.5) is 0 Å². The number of rotatable bonds is 5. The summed E-state index contributed by atoms with van der Waals surface area (Å²) in [6.45, 7) is 0. The molecule has 0 aliphatic heterocycles. The topological polar surface area (TPSA) is 79.3 Å². The molecule has 1 fully saturated rings. The van der Waals surface area contributed by atoms with E-state index in [0.717, 1.165) is 18.2 Å². The van der Waals surface area contributed by atoms with Gasteiger partial charge < -0.3 is 10.4 Å². The van der Waals surface area contributed by atoms with E-state index in [9.17, 15) is 14.7 Å². The van der Waals surface area contributed by atoms with Crippen LogP contribution in [0.5, 0.6) is 0 Å². The molecule has 2 aromatic rings. The summed E-state index contributed by atoms with van der Waals surface area (Å²) in [5.74, 6) is -0.937. The van der Waals surface area contributed by atoms with Crippen LogP contribution < -0.4 is 5.32 Å². The summed E-state index contributed by atoms with van der Waals surface area (Å²) in [6.07, 6.45) is 4.22. The Balaban J connectivity index is 1.84. The van der Waals surface area contributed by atoms with Crippen molar-refractivity contribution in [2.24, 2.45) is 5.92 Å². The third-order valence-corrected chi connectivity index (χ3v) is 3.75. The molecule has 0 radical (unpaired) electrons. The molecule has 3 rings (SSSR count). The molecule has 0 saturated heterocycles. The lowest BCUT2D eigenvalue weighted by Gasteiger charge is -2.14. The molecule has 1 aromatic carbocycles. The van der Waals surface area contributed by atoms with Crippen LogP contribution >= 0.6 is 0 Å². The monoisotopic (exact) mass is 284 g/mol. The van der Waals surface area contributed by atoms with Crippen molar-refractivity contribution < 1.29 is 14.7 Å². The molecule has 1 aromatic heterocycles. The largest absolute Gasteiger partial charge is 0.480 e. The quantitative estimate of drug-likeness (QED) is 0.882. The highest BCUT2D eigenvalue weighted by Crippen LogP contribution is 2.33. The summed E-state index contributed by atoms with van der Waals surface area (Å²) >= 11 is 0. The second-order valence-corrected chi connectivity index (χ2v) is 5.42. The van der Waals surface area contributed by atoms with Crippen molar-refractivity contribution in [3.63, 3.8) is 0 Å². The van der Waals surface area contributed by atoms with E-state index in [0.29, 0.717) is 23.4 Å². The Morgan fingerprint density at radius 3 is 2.76 bits per heavy atom. The van der Waals surface area contributed by atoms with Gasteiger partial charge in [0.05, 0.1) is 11.1 Å². The summed E-state index contributed by atoms with van der Waals surface area (Å²) < 4.78 is 0. The molecule has 1 saturated carbocycles. The van der Waals surface area contributed by atoms with Crippen molar-refractivity contribution in [2.45, 2.75) is 25.3 Å². The van der Waals surface area contributed by atoms with Crippen LogP contribution in [-0.2, 0) is 4.79 Å². The number of hydrogen-bond acceptors (Lipinski definition) is 3. The molecule has 5 nitrogen and oxygen atoms in total. The first-order valence-corrected chi connectivity index (χ1v) is 7.02. The first kappa shape index (κ1) is 13.5. The third-order valence-electron chi connectivity index (χ3n) is 3.75. The minimum absolute atomic E-state index is 0.382. The van der Waals surface area contributed by atoms with Gasteiger partial charge in [-0.3, -0.25) is 9.78 Å². The predicted octanol–water partition coefficient (Wildman–Crippen LogP) is 2.22. The van der Waals surface area contributed by atoms with Crippen molar-refractivity contribution in [3.05, 3.63) is 42.1 Å². The maximum atomic E-state index is 12.4. The van der Waals surface area contributed by atoms with E-state index < -0.39 is 12.0 Å². The Kier molecular flexibility index (Phi) is 3.56. The number of aromatic nitrogens is 1. The highest BCUT2D eigenvalue weighted by molar-refractivity contribution is 6.06. The van der Waals surface area contributed by atoms with Gasteiger partial charge in [-0.15, -0.1) is 0 Å². The number of aliphatic carboxylic acids is 1. The Bertz CT molecular complexity index is 689. The van der Waals surface area contributed by atoms with E-state index in [1.807, 2.05) is 12.1 Å². The lowest BCUT2D eigenvalue weighted by molar-refractivity contribution is -0.139. The zero-order valence-electron chi connectivity index (χ0n) is 11.5. The van der Waals surface area contributed by atoms with Gasteiger partial charge in [0.2, 0.25) is 0 Å². The molecule has 1 amide bonds. The molecular formula is C16H16N2O3. The second-order valence-electron chi connectivity index (χ2n) is 5.42. The van der Waals surface area contributed by atoms with E-state index in [1.165, 1.54) is 0 Å². The fourth-order valence-corrected chi connectivity index (χ4v) is 2.43. The molecule has 108 valence electrons. The zero-order chi connectivity index (χ0) is 14.8. The van der Waals surface area contributed by atoms with Crippen LogP contribution in [-0.4, -0.2) is 28.0 Å². The van der Waals surface area contributed by atoms with Gasteiger partial charge in [0.15, 0.2) is 0 Å². The van der Waals surface area contributed by atoms with Crippen LogP contribution in [0.1, 0.15) is 29.6 Å². The van der Waals surface area contributed by atoms with Gasteiger partial charge in [0.1, 0.15) is 6.04 Å². The number of pyridine rings is 1. The number of amides is 1. The molecular weight excluding hydrogens is 268 g/mol. The number of fused-ring (bicyclic) bond motifs is 1. The van der Waals surface area contributed by atoms with E-state index >= 15 is 0 Å². The highest BCUT2D eigenvalue weighted by atomic mass is 16.4. The molecule has 1 aliphatic carbocycles. The Hall–Kier alpha value is -2.43. The van der Waals surface area contributed by atoms with Gasteiger partial charge >= 0.3 is 5.97 Å². The molecule has 2 N–H and O–H groups in total. The van der Waals surface area contributed by atoms with Gasteiger partial charge in [-0.25, -0.2) is 4.79 Å². The third kappa shape index (κ3) is 3.02. The number of hydrogen-bond donors (Lipinski definition) is 2. The number of carboxylic acids is 1. The lowest BCUT2D eigenvalue weighted by Crippen LogP contribution is -2.41. The smallest absolute Gasteiger partial charge is 0.326 e. The average Bonchev–Trinajstić information content (AvgIpc) is 3.29. The van der Waals surface area contributed by atoms with Gasteiger partial charge in [0.25, 0.3) is 5.91 Å². The summed E-state index contributed by atoms with van der Waals surface area (Å²) in [5.41, 5.74) is 1.00. The number of nitrogens with zero attached hydrogens (tertiary/aromatic N) is 1. The van der Waals surface area contributed by atoms with Crippen LogP contribution in [0.3, 0.4) is 0 Å². The number of carbonyl (C=O) groups excluding carboxylic acids is 1. The Labute approximate surface area is 122 Å². The SMILES string of the molecule is O=C(N[C@@H](CC1CC1)C(=O)O)c1cccc2cccnc12. The molecule has 0 bridgehead atoms. The van der Waals surface area contributed by atoms with E-state index in [4.69, 9.17) is 0 Å². The van der Waals surface area contributed by atoms with Crippen molar-refractivity contribution in [1.29, 1.82) is 0 Å². The fraction of sp³-hybridized carbons (Fsp3) is 0.312. The fourth-order valence-electron chi connectivity index (χ4n) is 2.43. The lowest BCUT2D eigenvalue weighted by atomic mass is 10.1. The van der Waals surface area contributed by atoms with E-state index in [2.05, 4.69) is 10.3 Å². The van der Waals surface area contributed by atoms with Gasteiger partial charge in [-0.2, -0.15) is 0 Å². The minimum atomic E-state index is -0.983. The predicted molar refractivity (Wildman–Crippen MR) is 78.0 cm³/mol.